The minimum absolute atomic E-state index is 0.139. The molecule has 146 valence electrons. The van der Waals surface area contributed by atoms with Gasteiger partial charge in [-0.3, -0.25) is 9.59 Å². The second-order valence-electron chi connectivity index (χ2n) is 7.30. The lowest BCUT2D eigenvalue weighted by molar-refractivity contribution is 0.0727. The van der Waals surface area contributed by atoms with E-state index in [1.807, 2.05) is 42.5 Å². The Bertz CT molecular complexity index is 1030. The van der Waals surface area contributed by atoms with Crippen LogP contribution >= 0.6 is 0 Å². The zero-order valence-corrected chi connectivity index (χ0v) is 16.4. The van der Waals surface area contributed by atoms with Gasteiger partial charge in [-0.2, -0.15) is 0 Å². The van der Waals surface area contributed by atoms with Crippen molar-refractivity contribution < 1.29 is 9.59 Å². The van der Waals surface area contributed by atoms with E-state index >= 15 is 0 Å². The highest BCUT2D eigenvalue weighted by Crippen LogP contribution is 2.20. The van der Waals surface area contributed by atoms with Crippen molar-refractivity contribution >= 4 is 11.8 Å². The van der Waals surface area contributed by atoms with Crippen LogP contribution in [0, 0.1) is 0 Å². The topological polar surface area (TPSA) is 53.5 Å². The molecule has 0 atom stereocenters. The van der Waals surface area contributed by atoms with Gasteiger partial charge in [0.25, 0.3) is 11.8 Å². The number of benzene rings is 2. The monoisotopic (exact) mass is 385 g/mol. The van der Waals surface area contributed by atoms with Crippen molar-refractivity contribution in [3.05, 3.63) is 101 Å². The van der Waals surface area contributed by atoms with Gasteiger partial charge in [-0.15, -0.1) is 0 Å². The van der Waals surface area contributed by atoms with E-state index in [0.717, 1.165) is 12.0 Å². The molecule has 1 aromatic heterocycles. The van der Waals surface area contributed by atoms with Crippen LogP contribution in [-0.2, 0) is 19.5 Å². The van der Waals surface area contributed by atoms with Crippen LogP contribution in [0.25, 0.3) is 0 Å². The fourth-order valence-corrected chi connectivity index (χ4v) is 3.63. The minimum Gasteiger partial charge on any atom is -0.336 e. The number of fused-ring (bicyclic) bond motifs is 1. The number of pyridine rings is 1. The third kappa shape index (κ3) is 4.19. The molecule has 29 heavy (non-hydrogen) atoms. The van der Waals surface area contributed by atoms with E-state index in [4.69, 9.17) is 0 Å². The maximum atomic E-state index is 13.0. The summed E-state index contributed by atoms with van der Waals surface area (Å²) in [5, 5.41) is 0. The van der Waals surface area contributed by atoms with E-state index in [0.29, 0.717) is 25.3 Å². The smallest absolute Gasteiger partial charge is 0.272 e. The van der Waals surface area contributed by atoms with Crippen LogP contribution in [0.3, 0.4) is 0 Å². The molecule has 0 saturated heterocycles. The summed E-state index contributed by atoms with van der Waals surface area (Å²) >= 11 is 0. The molecule has 4 rings (SSSR count). The molecule has 2 amide bonds. The number of hydrogen-bond donors (Lipinski definition) is 0. The van der Waals surface area contributed by atoms with Crippen LogP contribution in [-0.4, -0.2) is 40.2 Å². The summed E-state index contributed by atoms with van der Waals surface area (Å²) in [7, 11) is 1.74. The predicted octanol–water partition coefficient (Wildman–Crippen LogP) is 3.55. The third-order valence-electron chi connectivity index (χ3n) is 5.21. The molecule has 2 aromatic carbocycles. The maximum Gasteiger partial charge on any atom is 0.272 e. The number of amides is 2. The predicted molar refractivity (Wildman–Crippen MR) is 111 cm³/mol. The summed E-state index contributed by atoms with van der Waals surface area (Å²) in [5.41, 5.74) is 4.09. The van der Waals surface area contributed by atoms with Gasteiger partial charge in [-0.25, -0.2) is 4.98 Å². The third-order valence-corrected chi connectivity index (χ3v) is 5.21. The first-order valence-corrected chi connectivity index (χ1v) is 9.74. The Labute approximate surface area is 170 Å². The molecule has 2 heterocycles. The Hall–Kier alpha value is -3.47. The summed E-state index contributed by atoms with van der Waals surface area (Å²) in [6, 6.07) is 23.0. The standard InChI is InChI=1S/C24H23N3O2/c1-26(16-18-8-3-2-4-9-18)23(28)21-12-7-13-22(25-21)24(29)27-15-14-19-10-5-6-11-20(19)17-27/h2-13H,14-17H2,1H3. The largest absolute Gasteiger partial charge is 0.336 e. The van der Waals surface area contributed by atoms with Gasteiger partial charge >= 0.3 is 0 Å². The molecule has 0 aliphatic carbocycles. The first-order valence-electron chi connectivity index (χ1n) is 9.74. The molecule has 0 spiro atoms. The van der Waals surface area contributed by atoms with Gasteiger partial charge in [-0.05, 0) is 35.2 Å². The molecule has 0 saturated carbocycles. The fourth-order valence-electron chi connectivity index (χ4n) is 3.63. The van der Waals surface area contributed by atoms with Crippen molar-refractivity contribution in [1.29, 1.82) is 0 Å². The molecule has 0 fully saturated rings. The van der Waals surface area contributed by atoms with Gasteiger partial charge in [0.15, 0.2) is 0 Å². The number of hydrogen-bond acceptors (Lipinski definition) is 3. The van der Waals surface area contributed by atoms with E-state index in [1.54, 1.807) is 35.0 Å². The maximum absolute atomic E-state index is 13.0. The molecule has 1 aliphatic rings. The first kappa shape index (κ1) is 18.9. The molecule has 0 bridgehead atoms. The van der Waals surface area contributed by atoms with Gasteiger partial charge < -0.3 is 9.80 Å². The molecular weight excluding hydrogens is 362 g/mol. The number of aromatic nitrogens is 1. The highest BCUT2D eigenvalue weighted by Gasteiger charge is 2.23. The molecule has 0 N–H and O–H groups in total. The van der Waals surface area contributed by atoms with Crippen LogP contribution in [0.15, 0.2) is 72.8 Å². The molecule has 0 unspecified atom stereocenters. The Morgan fingerprint density at radius 2 is 1.59 bits per heavy atom. The van der Waals surface area contributed by atoms with Gasteiger partial charge in [0.05, 0.1) is 0 Å². The summed E-state index contributed by atoms with van der Waals surface area (Å²) in [4.78, 5) is 33.6. The van der Waals surface area contributed by atoms with Gasteiger partial charge in [0.1, 0.15) is 11.4 Å². The second-order valence-corrected chi connectivity index (χ2v) is 7.30. The van der Waals surface area contributed by atoms with Crippen LogP contribution in [0.4, 0.5) is 0 Å². The summed E-state index contributed by atoms with van der Waals surface area (Å²) < 4.78 is 0. The van der Waals surface area contributed by atoms with Crippen molar-refractivity contribution in [2.24, 2.45) is 0 Å². The lowest BCUT2D eigenvalue weighted by Crippen LogP contribution is -2.36. The van der Waals surface area contributed by atoms with Crippen LogP contribution in [0.1, 0.15) is 37.7 Å². The SMILES string of the molecule is CN(Cc1ccccc1)C(=O)c1cccc(C(=O)N2CCc3ccccc3C2)n1. The lowest BCUT2D eigenvalue weighted by Gasteiger charge is -2.28. The zero-order valence-electron chi connectivity index (χ0n) is 16.4. The Morgan fingerprint density at radius 1 is 0.897 bits per heavy atom. The average molecular weight is 385 g/mol. The number of nitrogens with zero attached hydrogens (tertiary/aromatic N) is 3. The van der Waals surface area contributed by atoms with Crippen LogP contribution < -0.4 is 0 Å². The van der Waals surface area contributed by atoms with Gasteiger partial charge in [0.2, 0.25) is 0 Å². The molecule has 5 heteroatoms. The van der Waals surface area contributed by atoms with E-state index in [-0.39, 0.29) is 17.5 Å². The van der Waals surface area contributed by atoms with Crippen LogP contribution in [0.2, 0.25) is 0 Å². The van der Waals surface area contributed by atoms with Crippen molar-refractivity contribution in [3.63, 3.8) is 0 Å². The Balaban J connectivity index is 1.48. The quantitative estimate of drug-likeness (QED) is 0.690. The Kier molecular flexibility index (Phi) is 5.38. The van der Waals surface area contributed by atoms with Crippen molar-refractivity contribution in [2.75, 3.05) is 13.6 Å². The van der Waals surface area contributed by atoms with Crippen molar-refractivity contribution in [3.8, 4) is 0 Å². The summed E-state index contributed by atoms with van der Waals surface area (Å²) in [5.74, 6) is -0.340. The van der Waals surface area contributed by atoms with E-state index in [2.05, 4.69) is 17.1 Å². The fraction of sp³-hybridized carbons (Fsp3) is 0.208. The van der Waals surface area contributed by atoms with Crippen molar-refractivity contribution in [2.45, 2.75) is 19.5 Å². The molecule has 3 aromatic rings. The van der Waals surface area contributed by atoms with Crippen molar-refractivity contribution in [1.82, 2.24) is 14.8 Å². The highest BCUT2D eigenvalue weighted by atomic mass is 16.2. The van der Waals surface area contributed by atoms with Gasteiger partial charge in [0, 0.05) is 26.7 Å². The molecular formula is C24H23N3O2. The second kappa shape index (κ2) is 8.27. The molecule has 0 radical (unpaired) electrons. The van der Waals surface area contributed by atoms with Gasteiger partial charge in [-0.1, -0.05) is 60.7 Å². The highest BCUT2D eigenvalue weighted by molar-refractivity contribution is 5.96. The normalized spacial score (nSPS) is 12.9. The summed E-state index contributed by atoms with van der Waals surface area (Å²) in [6.45, 7) is 1.72. The summed E-state index contributed by atoms with van der Waals surface area (Å²) in [6.07, 6.45) is 0.834. The van der Waals surface area contributed by atoms with E-state index < -0.39 is 0 Å². The molecule has 1 aliphatic heterocycles. The number of carbonyl (C=O) groups is 2. The first-order chi connectivity index (χ1) is 14.1. The lowest BCUT2D eigenvalue weighted by atomic mass is 10.00. The van der Waals surface area contributed by atoms with E-state index in [9.17, 15) is 9.59 Å². The number of rotatable bonds is 4. The minimum atomic E-state index is -0.201. The van der Waals surface area contributed by atoms with Crippen LogP contribution in [0.5, 0.6) is 0 Å². The van der Waals surface area contributed by atoms with E-state index in [1.165, 1.54) is 11.1 Å². The number of carbonyl (C=O) groups excluding carboxylic acids is 2. The zero-order chi connectivity index (χ0) is 20.2. The Morgan fingerprint density at radius 3 is 2.38 bits per heavy atom. The average Bonchev–Trinajstić information content (AvgIpc) is 2.78. The molecule has 5 nitrogen and oxygen atoms in total.